The number of hydrogen-bond acceptors (Lipinski definition) is 3. The maximum absolute atomic E-state index is 9.29. The Morgan fingerprint density at radius 2 is 2.05 bits per heavy atom. The molecule has 0 aromatic carbocycles. The minimum Gasteiger partial charge on any atom is -0.381 e. The number of nitrogens with zero attached hydrogens (tertiary/aromatic N) is 2. The van der Waals surface area contributed by atoms with E-state index in [1.54, 1.807) is 0 Å². The van der Waals surface area contributed by atoms with Gasteiger partial charge in [-0.15, -0.1) is 0 Å². The van der Waals surface area contributed by atoms with Crippen LogP contribution in [0.5, 0.6) is 0 Å². The van der Waals surface area contributed by atoms with Crippen LogP contribution >= 0.6 is 0 Å². The molecule has 102 valence electrons. The molecule has 1 aromatic rings. The van der Waals surface area contributed by atoms with E-state index in [9.17, 15) is 5.26 Å². The molecule has 3 heteroatoms. The number of aromatic nitrogens is 1. The summed E-state index contributed by atoms with van der Waals surface area (Å²) in [6, 6.07) is 4.78. The van der Waals surface area contributed by atoms with Crippen LogP contribution in [0.4, 0.5) is 5.69 Å². The second-order valence-electron chi connectivity index (χ2n) is 5.84. The Kier molecular flexibility index (Phi) is 4.42. The number of pyridine rings is 1. The van der Waals surface area contributed by atoms with Gasteiger partial charge in [0.2, 0.25) is 0 Å². The molecule has 2 atom stereocenters. The highest BCUT2D eigenvalue weighted by Crippen LogP contribution is 2.27. The Labute approximate surface area is 116 Å². The molecule has 1 aromatic heterocycles. The molecular weight excluding hydrogens is 234 g/mol. The van der Waals surface area contributed by atoms with Crippen molar-refractivity contribution < 1.29 is 0 Å². The molecule has 1 aliphatic rings. The highest BCUT2D eigenvalue weighted by atomic mass is 14.9. The molecule has 3 nitrogen and oxygen atoms in total. The minimum atomic E-state index is 0.498. The Morgan fingerprint density at radius 3 is 2.79 bits per heavy atom. The molecule has 1 aliphatic carbocycles. The predicted octanol–water partition coefficient (Wildman–Crippen LogP) is 3.95. The van der Waals surface area contributed by atoms with Crippen LogP contribution in [-0.2, 0) is 0 Å². The average molecular weight is 257 g/mol. The molecule has 0 spiro atoms. The summed E-state index contributed by atoms with van der Waals surface area (Å²) in [7, 11) is 0. The lowest BCUT2D eigenvalue weighted by Gasteiger charge is -2.19. The highest BCUT2D eigenvalue weighted by Gasteiger charge is 2.18. The normalized spacial score (nSPS) is 23.5. The first-order chi connectivity index (χ1) is 9.10. The summed E-state index contributed by atoms with van der Waals surface area (Å²) in [5.41, 5.74) is 3.46. The first-order valence-electron chi connectivity index (χ1n) is 7.25. The van der Waals surface area contributed by atoms with E-state index < -0.39 is 0 Å². The van der Waals surface area contributed by atoms with Crippen LogP contribution in [0, 0.1) is 31.1 Å². The van der Waals surface area contributed by atoms with Crippen molar-refractivity contribution in [2.75, 3.05) is 5.32 Å². The summed E-state index contributed by atoms with van der Waals surface area (Å²) < 4.78 is 0. The van der Waals surface area contributed by atoms with E-state index in [1.807, 2.05) is 19.9 Å². The Hall–Kier alpha value is -1.56. The molecule has 1 heterocycles. The fourth-order valence-electron chi connectivity index (χ4n) is 2.93. The topological polar surface area (TPSA) is 48.7 Å². The number of anilines is 1. The molecule has 0 radical (unpaired) electrons. The van der Waals surface area contributed by atoms with Crippen molar-refractivity contribution >= 4 is 5.69 Å². The summed E-state index contributed by atoms with van der Waals surface area (Å²) in [6.45, 7) is 6.23. The summed E-state index contributed by atoms with van der Waals surface area (Å²) in [6.07, 6.45) is 6.30. The van der Waals surface area contributed by atoms with Crippen molar-refractivity contribution in [2.24, 2.45) is 5.92 Å². The first kappa shape index (κ1) is 13.9. The first-order valence-corrected chi connectivity index (χ1v) is 7.25. The number of hydrogen-bond donors (Lipinski definition) is 1. The quantitative estimate of drug-likeness (QED) is 0.816. The van der Waals surface area contributed by atoms with Crippen molar-refractivity contribution in [2.45, 2.75) is 58.9 Å². The zero-order valence-corrected chi connectivity index (χ0v) is 12.2. The third kappa shape index (κ3) is 3.47. The van der Waals surface area contributed by atoms with Gasteiger partial charge in [-0.25, -0.2) is 0 Å². The molecule has 0 bridgehead atoms. The lowest BCUT2D eigenvalue weighted by molar-refractivity contribution is 0.502. The largest absolute Gasteiger partial charge is 0.381 e. The summed E-state index contributed by atoms with van der Waals surface area (Å²) in [5.74, 6) is 0.836. The van der Waals surface area contributed by atoms with Gasteiger partial charge in [0.25, 0.3) is 0 Å². The third-order valence-electron chi connectivity index (χ3n) is 4.06. The second-order valence-corrected chi connectivity index (χ2v) is 5.84. The molecule has 1 fully saturated rings. The maximum atomic E-state index is 9.29. The van der Waals surface area contributed by atoms with Gasteiger partial charge in [-0.3, -0.25) is 4.98 Å². The molecule has 2 rings (SSSR count). The van der Waals surface area contributed by atoms with Crippen LogP contribution in [0.2, 0.25) is 0 Å². The Morgan fingerprint density at radius 1 is 1.26 bits per heavy atom. The maximum Gasteiger partial charge on any atom is 0.103 e. The van der Waals surface area contributed by atoms with Gasteiger partial charge in [-0.1, -0.05) is 19.8 Å². The van der Waals surface area contributed by atoms with Gasteiger partial charge in [0, 0.05) is 11.7 Å². The van der Waals surface area contributed by atoms with Crippen molar-refractivity contribution in [3.05, 3.63) is 23.0 Å². The van der Waals surface area contributed by atoms with E-state index in [2.05, 4.69) is 23.3 Å². The van der Waals surface area contributed by atoms with Crippen molar-refractivity contribution in [3.8, 4) is 6.07 Å². The van der Waals surface area contributed by atoms with Crippen molar-refractivity contribution in [3.63, 3.8) is 0 Å². The average Bonchev–Trinajstić information content (AvgIpc) is 2.54. The van der Waals surface area contributed by atoms with E-state index in [4.69, 9.17) is 0 Å². The standard InChI is InChI=1S/C16H23N3/c1-11-5-4-6-14(8-7-11)19-16-9-12(2)18-13(3)15(16)10-17/h9,11,14H,4-8H2,1-3H3,(H,18,19). The summed E-state index contributed by atoms with van der Waals surface area (Å²) in [5, 5.41) is 12.9. The lowest BCUT2D eigenvalue weighted by atomic mass is 10.0. The molecule has 0 amide bonds. The van der Waals surface area contributed by atoms with Gasteiger partial charge in [0.15, 0.2) is 0 Å². The zero-order chi connectivity index (χ0) is 13.8. The van der Waals surface area contributed by atoms with Crippen LogP contribution in [-0.4, -0.2) is 11.0 Å². The van der Waals surface area contributed by atoms with E-state index >= 15 is 0 Å². The lowest BCUT2D eigenvalue weighted by Crippen LogP contribution is -2.19. The van der Waals surface area contributed by atoms with E-state index in [-0.39, 0.29) is 0 Å². The predicted molar refractivity (Wildman–Crippen MR) is 78.1 cm³/mol. The molecule has 2 unspecified atom stereocenters. The van der Waals surface area contributed by atoms with Crippen molar-refractivity contribution in [1.82, 2.24) is 4.98 Å². The second kappa shape index (κ2) is 6.06. The molecular formula is C16H23N3. The Balaban J connectivity index is 2.16. The number of nitriles is 1. The minimum absolute atomic E-state index is 0.498. The van der Waals surface area contributed by atoms with Crippen molar-refractivity contribution in [1.29, 1.82) is 5.26 Å². The fraction of sp³-hybridized carbons (Fsp3) is 0.625. The van der Waals surface area contributed by atoms with Gasteiger partial charge in [-0.05, 0) is 45.1 Å². The number of nitrogens with one attached hydrogen (secondary N) is 1. The molecule has 19 heavy (non-hydrogen) atoms. The van der Waals surface area contributed by atoms with Crippen LogP contribution in [0.3, 0.4) is 0 Å². The molecule has 1 saturated carbocycles. The van der Waals surface area contributed by atoms with Crippen LogP contribution in [0.25, 0.3) is 0 Å². The van der Waals surface area contributed by atoms with Crippen LogP contribution in [0.15, 0.2) is 6.07 Å². The van der Waals surface area contributed by atoms with Crippen LogP contribution < -0.4 is 5.32 Å². The van der Waals surface area contributed by atoms with E-state index in [1.165, 1.54) is 32.1 Å². The van der Waals surface area contributed by atoms with Crippen LogP contribution in [0.1, 0.15) is 56.0 Å². The van der Waals surface area contributed by atoms with E-state index in [0.717, 1.165) is 23.0 Å². The highest BCUT2D eigenvalue weighted by molar-refractivity contribution is 5.60. The van der Waals surface area contributed by atoms with Gasteiger partial charge >= 0.3 is 0 Å². The summed E-state index contributed by atoms with van der Waals surface area (Å²) in [4.78, 5) is 4.37. The third-order valence-corrected chi connectivity index (χ3v) is 4.06. The zero-order valence-electron chi connectivity index (χ0n) is 12.2. The van der Waals surface area contributed by atoms with Gasteiger partial charge in [0.05, 0.1) is 16.9 Å². The van der Waals surface area contributed by atoms with Gasteiger partial charge in [0.1, 0.15) is 6.07 Å². The SMILES string of the molecule is Cc1cc(NC2CCCC(C)CC2)c(C#N)c(C)n1. The monoisotopic (exact) mass is 257 g/mol. The Bertz CT molecular complexity index is 488. The number of aryl methyl sites for hydroxylation is 2. The fourth-order valence-corrected chi connectivity index (χ4v) is 2.93. The van der Waals surface area contributed by atoms with Gasteiger partial charge in [-0.2, -0.15) is 5.26 Å². The smallest absolute Gasteiger partial charge is 0.103 e. The summed E-state index contributed by atoms with van der Waals surface area (Å²) >= 11 is 0. The van der Waals surface area contributed by atoms with E-state index in [0.29, 0.717) is 11.6 Å². The molecule has 0 saturated heterocycles. The molecule has 1 N–H and O–H groups in total. The molecule has 0 aliphatic heterocycles. The number of rotatable bonds is 2. The van der Waals surface area contributed by atoms with Gasteiger partial charge < -0.3 is 5.32 Å².